The van der Waals surface area contributed by atoms with Crippen LogP contribution in [0.25, 0.3) is 21.9 Å². The van der Waals surface area contributed by atoms with E-state index in [1.54, 1.807) is 18.2 Å². The van der Waals surface area contributed by atoms with Crippen LogP contribution in [0.1, 0.15) is 5.56 Å². The highest BCUT2D eigenvalue weighted by molar-refractivity contribution is 6.31. The van der Waals surface area contributed by atoms with Crippen molar-refractivity contribution in [3.8, 4) is 0 Å². The molecule has 0 saturated heterocycles. The highest BCUT2D eigenvalue weighted by Gasteiger charge is 2.07. The van der Waals surface area contributed by atoms with Crippen molar-refractivity contribution >= 4 is 33.5 Å². The van der Waals surface area contributed by atoms with E-state index in [1.165, 1.54) is 0 Å². The normalized spacial score (nSPS) is 11.2. The Morgan fingerprint density at radius 3 is 2.41 bits per heavy atom. The first-order valence-corrected chi connectivity index (χ1v) is 5.66. The molecule has 1 heterocycles. The standard InChI is InChI=1S/C14H9ClO2/c1-8-2-4-12-10(6-8)14(16)11-7-9(15)3-5-13(11)17-12/h2-7H,1H3. The minimum Gasteiger partial charge on any atom is -0.456 e. The van der Waals surface area contributed by atoms with Gasteiger partial charge in [-0.2, -0.15) is 0 Å². The molecule has 3 rings (SSSR count). The van der Waals surface area contributed by atoms with Gasteiger partial charge in [0, 0.05) is 5.02 Å². The van der Waals surface area contributed by atoms with E-state index in [4.69, 9.17) is 16.0 Å². The van der Waals surface area contributed by atoms with Crippen molar-refractivity contribution in [1.29, 1.82) is 0 Å². The van der Waals surface area contributed by atoms with Gasteiger partial charge in [-0.25, -0.2) is 0 Å². The Kier molecular flexibility index (Phi) is 2.20. The topological polar surface area (TPSA) is 30.2 Å². The first-order chi connectivity index (χ1) is 8.15. The van der Waals surface area contributed by atoms with Crippen LogP contribution in [0, 0.1) is 6.92 Å². The molecule has 0 amide bonds. The average Bonchev–Trinajstić information content (AvgIpc) is 2.32. The van der Waals surface area contributed by atoms with Crippen LogP contribution in [-0.2, 0) is 0 Å². The van der Waals surface area contributed by atoms with Crippen molar-refractivity contribution < 1.29 is 4.42 Å². The lowest BCUT2D eigenvalue weighted by molar-refractivity contribution is 0.660. The van der Waals surface area contributed by atoms with E-state index in [-0.39, 0.29) is 5.43 Å². The number of halogens is 1. The van der Waals surface area contributed by atoms with Gasteiger partial charge < -0.3 is 4.42 Å². The molecular formula is C14H9ClO2. The van der Waals surface area contributed by atoms with Crippen molar-refractivity contribution in [2.24, 2.45) is 0 Å². The molecule has 0 N–H and O–H groups in total. The van der Waals surface area contributed by atoms with Gasteiger partial charge in [0.05, 0.1) is 10.8 Å². The molecule has 3 heteroatoms. The summed E-state index contributed by atoms with van der Waals surface area (Å²) in [5.41, 5.74) is 2.17. The van der Waals surface area contributed by atoms with Crippen LogP contribution >= 0.6 is 11.6 Å². The lowest BCUT2D eigenvalue weighted by atomic mass is 10.1. The molecule has 0 spiro atoms. The molecule has 0 aliphatic rings. The van der Waals surface area contributed by atoms with Crippen LogP contribution in [0.15, 0.2) is 45.6 Å². The van der Waals surface area contributed by atoms with E-state index >= 15 is 0 Å². The molecule has 0 radical (unpaired) electrons. The summed E-state index contributed by atoms with van der Waals surface area (Å²) in [6.45, 7) is 1.95. The first-order valence-electron chi connectivity index (χ1n) is 5.28. The van der Waals surface area contributed by atoms with Crippen molar-refractivity contribution in [2.45, 2.75) is 6.92 Å². The van der Waals surface area contributed by atoms with Crippen LogP contribution in [-0.4, -0.2) is 0 Å². The molecule has 0 aliphatic carbocycles. The van der Waals surface area contributed by atoms with Crippen LogP contribution in [0.3, 0.4) is 0 Å². The molecule has 0 unspecified atom stereocenters. The van der Waals surface area contributed by atoms with Gasteiger partial charge in [0.25, 0.3) is 0 Å². The summed E-state index contributed by atoms with van der Waals surface area (Å²) in [6.07, 6.45) is 0. The third-order valence-corrected chi connectivity index (χ3v) is 3.02. The van der Waals surface area contributed by atoms with Gasteiger partial charge in [0.2, 0.25) is 5.43 Å². The molecular weight excluding hydrogens is 236 g/mol. The lowest BCUT2D eigenvalue weighted by Gasteiger charge is -2.02. The second kappa shape index (κ2) is 3.60. The third-order valence-electron chi connectivity index (χ3n) is 2.79. The second-order valence-electron chi connectivity index (χ2n) is 4.07. The fraction of sp³-hybridized carbons (Fsp3) is 0.0714. The molecule has 3 aromatic rings. The maximum atomic E-state index is 12.3. The Hall–Kier alpha value is -1.80. The molecule has 84 valence electrons. The molecule has 0 atom stereocenters. The number of aryl methyl sites for hydroxylation is 1. The molecule has 1 aromatic heterocycles. The molecule has 17 heavy (non-hydrogen) atoms. The summed E-state index contributed by atoms with van der Waals surface area (Å²) < 4.78 is 5.68. The van der Waals surface area contributed by atoms with Crippen LogP contribution in [0.4, 0.5) is 0 Å². The highest BCUT2D eigenvalue weighted by atomic mass is 35.5. The third kappa shape index (κ3) is 1.61. The van der Waals surface area contributed by atoms with Gasteiger partial charge in [-0.05, 0) is 37.3 Å². The Labute approximate surface area is 102 Å². The Morgan fingerprint density at radius 2 is 1.65 bits per heavy atom. The van der Waals surface area contributed by atoms with Gasteiger partial charge in [-0.3, -0.25) is 4.79 Å². The maximum absolute atomic E-state index is 12.3. The summed E-state index contributed by atoms with van der Waals surface area (Å²) in [4.78, 5) is 12.3. The summed E-state index contributed by atoms with van der Waals surface area (Å²) in [5, 5.41) is 1.66. The fourth-order valence-corrected chi connectivity index (χ4v) is 2.11. The van der Waals surface area contributed by atoms with Gasteiger partial charge >= 0.3 is 0 Å². The van der Waals surface area contributed by atoms with E-state index in [1.807, 2.05) is 25.1 Å². The summed E-state index contributed by atoms with van der Waals surface area (Å²) in [5.74, 6) is 0. The predicted molar refractivity (Wildman–Crippen MR) is 69.7 cm³/mol. The summed E-state index contributed by atoms with van der Waals surface area (Å²) >= 11 is 5.89. The predicted octanol–water partition coefficient (Wildman–Crippen LogP) is 3.91. The van der Waals surface area contributed by atoms with E-state index in [9.17, 15) is 4.79 Å². The molecule has 0 fully saturated rings. The zero-order chi connectivity index (χ0) is 12.0. The first kappa shape index (κ1) is 10.4. The summed E-state index contributed by atoms with van der Waals surface area (Å²) in [6, 6.07) is 10.7. The van der Waals surface area contributed by atoms with E-state index < -0.39 is 0 Å². The zero-order valence-electron chi connectivity index (χ0n) is 9.16. The number of benzene rings is 2. The zero-order valence-corrected chi connectivity index (χ0v) is 9.91. The van der Waals surface area contributed by atoms with Crippen LogP contribution in [0.5, 0.6) is 0 Å². The SMILES string of the molecule is Cc1ccc2oc3ccc(Cl)cc3c(=O)c2c1. The average molecular weight is 245 g/mol. The molecule has 0 saturated carbocycles. The van der Waals surface area contributed by atoms with Crippen molar-refractivity contribution in [1.82, 2.24) is 0 Å². The largest absolute Gasteiger partial charge is 0.456 e. The summed E-state index contributed by atoms with van der Waals surface area (Å²) in [7, 11) is 0. The van der Waals surface area contributed by atoms with Gasteiger partial charge in [0.1, 0.15) is 11.2 Å². The van der Waals surface area contributed by atoms with Crippen LogP contribution in [0.2, 0.25) is 5.02 Å². The van der Waals surface area contributed by atoms with E-state index in [0.717, 1.165) is 5.56 Å². The number of rotatable bonds is 0. The van der Waals surface area contributed by atoms with Gasteiger partial charge in [0.15, 0.2) is 0 Å². The molecule has 0 aliphatic heterocycles. The Morgan fingerprint density at radius 1 is 1.00 bits per heavy atom. The monoisotopic (exact) mass is 244 g/mol. The molecule has 2 aromatic carbocycles. The fourth-order valence-electron chi connectivity index (χ4n) is 1.94. The quantitative estimate of drug-likeness (QED) is 0.561. The van der Waals surface area contributed by atoms with Gasteiger partial charge in [-0.15, -0.1) is 0 Å². The van der Waals surface area contributed by atoms with Crippen molar-refractivity contribution in [3.05, 3.63) is 57.2 Å². The molecule has 0 bridgehead atoms. The van der Waals surface area contributed by atoms with Crippen molar-refractivity contribution in [2.75, 3.05) is 0 Å². The van der Waals surface area contributed by atoms with Gasteiger partial charge in [-0.1, -0.05) is 23.2 Å². The van der Waals surface area contributed by atoms with E-state index in [0.29, 0.717) is 27.0 Å². The Bertz CT molecular complexity index is 724. The highest BCUT2D eigenvalue weighted by Crippen LogP contribution is 2.21. The smallest absolute Gasteiger partial charge is 0.200 e. The van der Waals surface area contributed by atoms with E-state index in [2.05, 4.69) is 0 Å². The molecule has 2 nitrogen and oxygen atoms in total. The second-order valence-corrected chi connectivity index (χ2v) is 4.51. The minimum atomic E-state index is -0.0348. The van der Waals surface area contributed by atoms with Crippen molar-refractivity contribution in [3.63, 3.8) is 0 Å². The number of hydrogen-bond acceptors (Lipinski definition) is 2. The minimum absolute atomic E-state index is 0.0348. The number of hydrogen-bond donors (Lipinski definition) is 0. The Balaban J connectivity index is 2.58. The lowest BCUT2D eigenvalue weighted by Crippen LogP contribution is -2.02. The number of fused-ring (bicyclic) bond motifs is 2. The van der Waals surface area contributed by atoms with Crippen LogP contribution < -0.4 is 5.43 Å². The maximum Gasteiger partial charge on any atom is 0.200 e.